The van der Waals surface area contributed by atoms with Crippen LogP contribution in [0.3, 0.4) is 0 Å². The summed E-state index contributed by atoms with van der Waals surface area (Å²) in [6, 6.07) is 5.47. The monoisotopic (exact) mass is 338 g/mol. The molecule has 2 atom stereocenters. The van der Waals surface area contributed by atoms with Crippen LogP contribution in [-0.4, -0.2) is 18.9 Å². The highest BCUT2D eigenvalue weighted by molar-refractivity contribution is 5.79. The third-order valence-corrected chi connectivity index (χ3v) is 4.02. The van der Waals surface area contributed by atoms with Gasteiger partial charge in [-0.15, -0.1) is 18.8 Å². The van der Waals surface area contributed by atoms with Gasteiger partial charge in [0.15, 0.2) is 17.6 Å². The number of ether oxygens (including phenoxy) is 3. The van der Waals surface area contributed by atoms with E-state index in [0.29, 0.717) is 17.9 Å². The first-order valence-corrected chi connectivity index (χ1v) is 8.14. The predicted molar refractivity (Wildman–Crippen MR) is 96.1 cm³/mol. The normalized spacial score (nSPS) is 15.2. The van der Waals surface area contributed by atoms with Crippen LogP contribution in [0.1, 0.15) is 38.7 Å². The number of carbonyl (C=O) groups is 1. The van der Waals surface area contributed by atoms with Gasteiger partial charge < -0.3 is 14.2 Å². The van der Waals surface area contributed by atoms with Crippen molar-refractivity contribution in [2.24, 2.45) is 5.92 Å². The minimum atomic E-state index is -0.726. The molecular formula is C21H22O4. The molecule has 0 spiro atoms. The summed E-state index contributed by atoms with van der Waals surface area (Å²) < 4.78 is 16.3. The Morgan fingerprint density at radius 1 is 1.32 bits per heavy atom. The number of rotatable bonds is 6. The molecule has 0 aliphatic carbocycles. The Morgan fingerprint density at radius 3 is 2.68 bits per heavy atom. The molecule has 1 aromatic carbocycles. The second-order valence-electron chi connectivity index (χ2n) is 6.17. The minimum Gasteiger partial charge on any atom is -0.454 e. The number of hydrogen-bond donors (Lipinski definition) is 0. The molecule has 1 aromatic rings. The van der Waals surface area contributed by atoms with Crippen LogP contribution in [0.5, 0.6) is 11.5 Å². The maximum Gasteiger partial charge on any atom is 0.315 e. The molecule has 2 rings (SSSR count). The zero-order valence-electron chi connectivity index (χ0n) is 14.7. The first kappa shape index (κ1) is 18.5. The van der Waals surface area contributed by atoms with Gasteiger partial charge in [0.2, 0.25) is 6.79 Å². The Bertz CT molecular complexity index is 746. The predicted octanol–water partition coefficient (Wildman–Crippen LogP) is 3.67. The zero-order valence-corrected chi connectivity index (χ0v) is 14.7. The lowest BCUT2D eigenvalue weighted by molar-refractivity contribution is -0.148. The number of hydrogen-bond acceptors (Lipinski definition) is 4. The van der Waals surface area contributed by atoms with Crippen molar-refractivity contribution >= 4 is 5.97 Å². The lowest BCUT2D eigenvalue weighted by Gasteiger charge is -2.22. The number of esters is 1. The van der Waals surface area contributed by atoms with Crippen molar-refractivity contribution < 1.29 is 19.0 Å². The molecule has 0 radical (unpaired) electrons. The van der Waals surface area contributed by atoms with Gasteiger partial charge in [0.05, 0.1) is 5.92 Å². The van der Waals surface area contributed by atoms with Crippen LogP contribution in [-0.2, 0) is 9.53 Å². The van der Waals surface area contributed by atoms with Crippen molar-refractivity contribution in [3.8, 4) is 36.2 Å². The van der Waals surface area contributed by atoms with Crippen LogP contribution in [0.2, 0.25) is 0 Å². The van der Waals surface area contributed by atoms with Crippen LogP contribution < -0.4 is 9.47 Å². The average Bonchev–Trinajstić information content (AvgIpc) is 3.05. The van der Waals surface area contributed by atoms with E-state index in [4.69, 9.17) is 27.1 Å². The summed E-state index contributed by atoms with van der Waals surface area (Å²) in [7, 11) is 0. The van der Waals surface area contributed by atoms with E-state index in [9.17, 15) is 4.79 Å². The fourth-order valence-electron chi connectivity index (χ4n) is 2.67. The topological polar surface area (TPSA) is 44.8 Å². The van der Waals surface area contributed by atoms with E-state index in [1.54, 1.807) is 19.1 Å². The van der Waals surface area contributed by atoms with E-state index < -0.39 is 12.0 Å². The molecule has 0 aromatic heterocycles. The summed E-state index contributed by atoms with van der Waals surface area (Å²) in [5.74, 6) is 5.53. The van der Waals surface area contributed by atoms with Crippen molar-refractivity contribution in [2.75, 3.05) is 6.79 Å². The van der Waals surface area contributed by atoms with Crippen molar-refractivity contribution in [1.29, 1.82) is 0 Å². The van der Waals surface area contributed by atoms with Gasteiger partial charge in [0, 0.05) is 6.42 Å². The van der Waals surface area contributed by atoms with Crippen LogP contribution in [0.25, 0.3) is 0 Å². The summed E-state index contributed by atoms with van der Waals surface area (Å²) in [5.41, 5.74) is 1.56. The summed E-state index contributed by atoms with van der Waals surface area (Å²) >= 11 is 0. The molecule has 4 heteroatoms. The molecule has 0 bridgehead atoms. The highest BCUT2D eigenvalue weighted by Crippen LogP contribution is 2.37. The number of allylic oxidation sites excluding steroid dienone is 1. The number of benzene rings is 1. The van der Waals surface area contributed by atoms with Crippen LogP contribution in [0.4, 0.5) is 0 Å². The Kier molecular flexibility index (Phi) is 6.14. The summed E-state index contributed by atoms with van der Waals surface area (Å²) in [6.45, 7) is 5.92. The van der Waals surface area contributed by atoms with Gasteiger partial charge in [-0.2, -0.15) is 0 Å². The largest absolute Gasteiger partial charge is 0.454 e. The maximum absolute atomic E-state index is 12.8. The Morgan fingerprint density at radius 2 is 2.04 bits per heavy atom. The molecule has 2 unspecified atom stereocenters. The molecule has 0 fully saturated rings. The molecule has 0 saturated carbocycles. The SMILES string of the molecule is C#CCC=C(C)C(C#C)OC(=O)C(c1ccc2c(c1)OCO2)C(C)C. The molecule has 1 heterocycles. The lowest BCUT2D eigenvalue weighted by Crippen LogP contribution is -2.26. The highest BCUT2D eigenvalue weighted by Gasteiger charge is 2.29. The van der Waals surface area contributed by atoms with Crippen molar-refractivity contribution in [3.05, 3.63) is 35.4 Å². The third kappa shape index (κ3) is 4.37. The van der Waals surface area contributed by atoms with Gasteiger partial charge in [0.25, 0.3) is 0 Å². The van der Waals surface area contributed by atoms with Crippen molar-refractivity contribution in [2.45, 2.75) is 39.2 Å². The molecule has 0 amide bonds. The fourth-order valence-corrected chi connectivity index (χ4v) is 2.67. The lowest BCUT2D eigenvalue weighted by atomic mass is 9.88. The molecule has 4 nitrogen and oxygen atoms in total. The quantitative estimate of drug-likeness (QED) is 0.451. The van der Waals surface area contributed by atoms with Gasteiger partial charge >= 0.3 is 5.97 Å². The van der Waals surface area contributed by atoms with Crippen LogP contribution in [0.15, 0.2) is 29.8 Å². The average molecular weight is 338 g/mol. The standard InChI is InChI=1S/C21H22O4/c1-6-8-9-15(5)17(7-2)25-21(22)20(14(3)4)16-10-11-18-19(12-16)24-13-23-18/h1-2,9-12,14,17,20H,8,13H2,3-5H3. The van der Waals surface area contributed by atoms with E-state index in [0.717, 1.165) is 11.1 Å². The smallest absolute Gasteiger partial charge is 0.315 e. The summed E-state index contributed by atoms with van der Waals surface area (Å²) in [4.78, 5) is 12.8. The van der Waals surface area contributed by atoms with Gasteiger partial charge in [-0.1, -0.05) is 31.9 Å². The van der Waals surface area contributed by atoms with Gasteiger partial charge in [-0.3, -0.25) is 4.79 Å². The second-order valence-corrected chi connectivity index (χ2v) is 6.17. The Labute approximate surface area is 149 Å². The molecule has 1 aliphatic rings. The van der Waals surface area contributed by atoms with E-state index in [2.05, 4.69) is 11.8 Å². The Balaban J connectivity index is 2.21. The fraction of sp³-hybridized carbons (Fsp3) is 0.381. The van der Waals surface area contributed by atoms with Crippen molar-refractivity contribution in [1.82, 2.24) is 0 Å². The molecular weight excluding hydrogens is 316 g/mol. The number of fused-ring (bicyclic) bond motifs is 1. The van der Waals surface area contributed by atoms with Crippen LogP contribution in [0, 0.1) is 30.6 Å². The number of terminal acetylenes is 2. The number of carbonyl (C=O) groups excluding carboxylic acids is 1. The van der Waals surface area contributed by atoms with Crippen LogP contribution >= 0.6 is 0 Å². The Hall–Kier alpha value is -2.85. The highest BCUT2D eigenvalue weighted by atomic mass is 16.7. The van der Waals surface area contributed by atoms with Crippen molar-refractivity contribution in [3.63, 3.8) is 0 Å². The van der Waals surface area contributed by atoms with E-state index in [1.807, 2.05) is 26.0 Å². The maximum atomic E-state index is 12.8. The molecule has 0 N–H and O–H groups in total. The van der Waals surface area contributed by atoms with E-state index >= 15 is 0 Å². The molecule has 130 valence electrons. The zero-order chi connectivity index (χ0) is 18.4. The molecule has 25 heavy (non-hydrogen) atoms. The first-order valence-electron chi connectivity index (χ1n) is 8.14. The summed E-state index contributed by atoms with van der Waals surface area (Å²) in [5, 5.41) is 0. The van der Waals surface area contributed by atoms with Gasteiger partial charge in [-0.05, 0) is 36.1 Å². The first-order chi connectivity index (χ1) is 12.0. The minimum absolute atomic E-state index is 0.0290. The summed E-state index contributed by atoms with van der Waals surface area (Å²) in [6.07, 6.45) is 12.3. The molecule has 1 aliphatic heterocycles. The van der Waals surface area contributed by atoms with E-state index in [1.165, 1.54) is 0 Å². The van der Waals surface area contributed by atoms with Gasteiger partial charge in [-0.25, -0.2) is 0 Å². The second kappa shape index (κ2) is 8.31. The van der Waals surface area contributed by atoms with E-state index in [-0.39, 0.29) is 18.7 Å². The van der Waals surface area contributed by atoms with Gasteiger partial charge in [0.1, 0.15) is 0 Å². The molecule has 0 saturated heterocycles. The third-order valence-electron chi connectivity index (χ3n) is 4.02.